The molecule has 8 heteroatoms. The number of nitrogens with one attached hydrogen (secondary N) is 2. The van der Waals surface area contributed by atoms with Crippen LogP contribution in [0.2, 0.25) is 5.02 Å². The third-order valence-electron chi connectivity index (χ3n) is 2.80. The van der Waals surface area contributed by atoms with Crippen LogP contribution in [0.1, 0.15) is 16.8 Å². The number of rotatable bonds is 5. The van der Waals surface area contributed by atoms with Gasteiger partial charge in [-0.25, -0.2) is 4.39 Å². The minimum atomic E-state index is -0.516. The highest BCUT2D eigenvalue weighted by molar-refractivity contribution is 6.33. The molecule has 116 valence electrons. The van der Waals surface area contributed by atoms with Gasteiger partial charge in [0, 0.05) is 26.2 Å². The first-order valence-electron chi connectivity index (χ1n) is 6.47. The maximum absolute atomic E-state index is 12.9. The lowest BCUT2D eigenvalue weighted by Crippen LogP contribution is -2.27. The molecule has 0 spiro atoms. The topological polar surface area (TPSA) is 76.0 Å². The second kappa shape index (κ2) is 7.04. The Kier molecular flexibility index (Phi) is 5.11. The fraction of sp³-hybridized carbons (Fsp3) is 0.214. The van der Waals surface area contributed by atoms with Crippen molar-refractivity contribution in [3.63, 3.8) is 0 Å². The van der Waals surface area contributed by atoms with Crippen molar-refractivity contribution in [1.82, 2.24) is 15.1 Å². The summed E-state index contributed by atoms with van der Waals surface area (Å²) in [6.07, 6.45) is 3.28. The van der Waals surface area contributed by atoms with Crippen molar-refractivity contribution in [2.75, 3.05) is 11.9 Å². The Morgan fingerprint density at radius 1 is 1.41 bits per heavy atom. The zero-order valence-electron chi connectivity index (χ0n) is 11.8. The summed E-state index contributed by atoms with van der Waals surface area (Å²) in [5.41, 5.74) is 0.746. The molecule has 1 heterocycles. The second-order valence-corrected chi connectivity index (χ2v) is 4.99. The van der Waals surface area contributed by atoms with Gasteiger partial charge in [0.05, 0.1) is 22.5 Å². The van der Waals surface area contributed by atoms with Crippen molar-refractivity contribution >= 4 is 29.1 Å². The maximum Gasteiger partial charge on any atom is 0.252 e. The molecule has 0 saturated carbocycles. The van der Waals surface area contributed by atoms with E-state index in [1.165, 1.54) is 12.3 Å². The number of halogens is 2. The van der Waals surface area contributed by atoms with E-state index in [2.05, 4.69) is 15.7 Å². The highest BCUT2D eigenvalue weighted by atomic mass is 35.5. The van der Waals surface area contributed by atoms with Crippen LogP contribution in [0.15, 0.2) is 30.6 Å². The van der Waals surface area contributed by atoms with Crippen LogP contribution in [0.3, 0.4) is 0 Å². The molecule has 1 aromatic carbocycles. The van der Waals surface area contributed by atoms with Gasteiger partial charge in [-0.1, -0.05) is 11.6 Å². The largest absolute Gasteiger partial charge is 0.351 e. The van der Waals surface area contributed by atoms with Gasteiger partial charge < -0.3 is 10.6 Å². The highest BCUT2D eigenvalue weighted by Crippen LogP contribution is 2.16. The zero-order valence-corrected chi connectivity index (χ0v) is 12.5. The Labute approximate surface area is 131 Å². The summed E-state index contributed by atoms with van der Waals surface area (Å²) in [6.45, 7) is 0.138. The number of carbonyl (C=O) groups excluding carboxylic acids is 2. The van der Waals surface area contributed by atoms with Crippen LogP contribution in [-0.4, -0.2) is 28.1 Å². The maximum atomic E-state index is 12.9. The standard InChI is InChI=1S/C14H14ClFN4O2/c1-20-8-10(7-18-20)19-13(21)4-5-17-14(22)11-3-2-9(16)6-12(11)15/h2-3,6-8H,4-5H2,1H3,(H,17,22)(H,19,21). The third kappa shape index (κ3) is 4.29. The van der Waals surface area contributed by atoms with Crippen LogP contribution in [0.4, 0.5) is 10.1 Å². The SMILES string of the molecule is Cn1cc(NC(=O)CCNC(=O)c2ccc(F)cc2Cl)cn1. The number of hydrogen-bond donors (Lipinski definition) is 2. The van der Waals surface area contributed by atoms with Gasteiger partial charge in [0.15, 0.2) is 0 Å². The van der Waals surface area contributed by atoms with E-state index in [0.717, 1.165) is 12.1 Å². The summed E-state index contributed by atoms with van der Waals surface area (Å²) in [4.78, 5) is 23.5. The normalized spacial score (nSPS) is 10.3. The summed E-state index contributed by atoms with van der Waals surface area (Å²) in [5.74, 6) is -1.23. The van der Waals surface area contributed by atoms with Gasteiger partial charge in [0.25, 0.3) is 5.91 Å². The average molecular weight is 325 g/mol. The molecule has 1 aromatic heterocycles. The Morgan fingerprint density at radius 3 is 2.82 bits per heavy atom. The van der Waals surface area contributed by atoms with E-state index in [9.17, 15) is 14.0 Å². The van der Waals surface area contributed by atoms with Crippen LogP contribution in [-0.2, 0) is 11.8 Å². The number of amides is 2. The first kappa shape index (κ1) is 16.0. The van der Waals surface area contributed by atoms with Crippen LogP contribution in [0.25, 0.3) is 0 Å². The number of nitrogens with zero attached hydrogens (tertiary/aromatic N) is 2. The molecule has 0 radical (unpaired) electrons. The molecule has 0 aliphatic heterocycles. The molecular weight excluding hydrogens is 311 g/mol. The minimum Gasteiger partial charge on any atom is -0.351 e. The van der Waals surface area contributed by atoms with Crippen molar-refractivity contribution in [2.24, 2.45) is 7.05 Å². The zero-order chi connectivity index (χ0) is 16.1. The molecule has 0 atom stereocenters. The highest BCUT2D eigenvalue weighted by Gasteiger charge is 2.11. The van der Waals surface area contributed by atoms with Crippen LogP contribution < -0.4 is 10.6 Å². The Balaban J connectivity index is 1.80. The number of benzene rings is 1. The van der Waals surface area contributed by atoms with E-state index in [1.807, 2.05) is 0 Å². The first-order chi connectivity index (χ1) is 10.5. The number of aromatic nitrogens is 2. The van der Waals surface area contributed by atoms with Gasteiger partial charge in [-0.15, -0.1) is 0 Å². The van der Waals surface area contributed by atoms with E-state index < -0.39 is 11.7 Å². The first-order valence-corrected chi connectivity index (χ1v) is 6.85. The predicted molar refractivity (Wildman–Crippen MR) is 80.2 cm³/mol. The van der Waals surface area contributed by atoms with Gasteiger partial charge in [-0.05, 0) is 18.2 Å². The molecule has 0 fully saturated rings. The van der Waals surface area contributed by atoms with Crippen LogP contribution in [0.5, 0.6) is 0 Å². The van der Waals surface area contributed by atoms with Gasteiger partial charge in [0.1, 0.15) is 5.82 Å². The monoisotopic (exact) mass is 324 g/mol. The molecule has 2 aromatic rings. The van der Waals surface area contributed by atoms with Crippen LogP contribution >= 0.6 is 11.6 Å². The van der Waals surface area contributed by atoms with E-state index in [-0.39, 0.29) is 29.5 Å². The van der Waals surface area contributed by atoms with Gasteiger partial charge >= 0.3 is 0 Å². The fourth-order valence-electron chi connectivity index (χ4n) is 1.77. The summed E-state index contributed by atoms with van der Waals surface area (Å²) < 4.78 is 14.5. The molecule has 2 N–H and O–H groups in total. The summed E-state index contributed by atoms with van der Waals surface area (Å²) in [6, 6.07) is 3.50. The Morgan fingerprint density at radius 2 is 2.18 bits per heavy atom. The molecule has 6 nitrogen and oxygen atoms in total. The van der Waals surface area contributed by atoms with E-state index in [1.54, 1.807) is 17.9 Å². The van der Waals surface area contributed by atoms with Crippen LogP contribution in [0, 0.1) is 5.82 Å². The summed E-state index contributed by atoms with van der Waals surface area (Å²) >= 11 is 5.79. The molecule has 0 unspecified atom stereocenters. The van der Waals surface area contributed by atoms with E-state index >= 15 is 0 Å². The Bertz CT molecular complexity index is 702. The molecule has 2 rings (SSSR count). The quantitative estimate of drug-likeness (QED) is 0.883. The van der Waals surface area contributed by atoms with Gasteiger partial charge in [0.2, 0.25) is 5.91 Å². The van der Waals surface area contributed by atoms with Crippen molar-refractivity contribution in [3.05, 3.63) is 47.0 Å². The minimum absolute atomic E-state index is 0.0253. The third-order valence-corrected chi connectivity index (χ3v) is 3.11. The molecular formula is C14H14ClFN4O2. The number of anilines is 1. The smallest absolute Gasteiger partial charge is 0.252 e. The molecule has 0 saturated heterocycles. The molecule has 0 aliphatic rings. The lowest BCUT2D eigenvalue weighted by Gasteiger charge is -2.07. The summed E-state index contributed by atoms with van der Waals surface area (Å²) in [5, 5.41) is 9.15. The molecule has 2 amide bonds. The van der Waals surface area contributed by atoms with Crippen molar-refractivity contribution in [3.8, 4) is 0 Å². The van der Waals surface area contributed by atoms with Gasteiger partial charge in [-0.3, -0.25) is 14.3 Å². The predicted octanol–water partition coefficient (Wildman–Crippen LogP) is 1.97. The molecule has 0 bridgehead atoms. The lowest BCUT2D eigenvalue weighted by molar-refractivity contribution is -0.116. The second-order valence-electron chi connectivity index (χ2n) is 4.58. The fourth-order valence-corrected chi connectivity index (χ4v) is 2.02. The number of carbonyl (C=O) groups is 2. The van der Waals surface area contributed by atoms with Crippen molar-refractivity contribution in [2.45, 2.75) is 6.42 Å². The molecule has 0 aliphatic carbocycles. The van der Waals surface area contributed by atoms with Gasteiger partial charge in [-0.2, -0.15) is 5.10 Å². The van der Waals surface area contributed by atoms with E-state index in [4.69, 9.17) is 11.6 Å². The molecule has 22 heavy (non-hydrogen) atoms. The van der Waals surface area contributed by atoms with Crippen molar-refractivity contribution < 1.29 is 14.0 Å². The Hall–Kier alpha value is -2.41. The van der Waals surface area contributed by atoms with E-state index in [0.29, 0.717) is 5.69 Å². The number of aryl methyl sites for hydroxylation is 1. The van der Waals surface area contributed by atoms with Crippen molar-refractivity contribution in [1.29, 1.82) is 0 Å². The average Bonchev–Trinajstić information content (AvgIpc) is 2.83. The summed E-state index contributed by atoms with van der Waals surface area (Å²) in [7, 11) is 1.74. The number of hydrogen-bond acceptors (Lipinski definition) is 3. The lowest BCUT2D eigenvalue weighted by atomic mass is 10.2.